The van der Waals surface area contributed by atoms with E-state index >= 15 is 0 Å². The second kappa shape index (κ2) is 8.63. The quantitative estimate of drug-likeness (QED) is 0.641. The van der Waals surface area contributed by atoms with Gasteiger partial charge in [-0.05, 0) is 66.8 Å². The minimum Gasteiger partial charge on any atom is -0.496 e. The van der Waals surface area contributed by atoms with Crippen molar-refractivity contribution in [2.45, 2.75) is 44.6 Å². The minimum absolute atomic E-state index is 0.0986. The summed E-state index contributed by atoms with van der Waals surface area (Å²) in [6, 6.07) is 8.46. The van der Waals surface area contributed by atoms with Crippen molar-refractivity contribution in [2.75, 3.05) is 14.2 Å². The molecule has 0 aliphatic heterocycles. The number of hydrogen-bond donors (Lipinski definition) is 1. The van der Waals surface area contributed by atoms with Gasteiger partial charge in [0, 0.05) is 10.5 Å². The van der Waals surface area contributed by atoms with Gasteiger partial charge in [0.25, 0.3) is 0 Å². The smallest absolute Gasteiger partial charge is 0.244 e. The number of ether oxygens (including phenoxy) is 2. The molecule has 27 heavy (non-hydrogen) atoms. The Bertz CT molecular complexity index is 926. The number of halogens is 1. The van der Waals surface area contributed by atoms with Gasteiger partial charge in [-0.2, -0.15) is 0 Å². The highest BCUT2D eigenvalue weighted by Gasteiger charge is 2.24. The molecule has 7 heteroatoms. The van der Waals surface area contributed by atoms with Crippen LogP contribution >= 0.6 is 15.9 Å². The maximum Gasteiger partial charge on any atom is 0.244 e. The molecule has 0 spiro atoms. The first-order chi connectivity index (χ1) is 12.6. The maximum atomic E-state index is 13.0. The highest BCUT2D eigenvalue weighted by Crippen LogP contribution is 2.33. The van der Waals surface area contributed by atoms with Gasteiger partial charge in [0.05, 0.1) is 14.2 Å². The van der Waals surface area contributed by atoms with Crippen LogP contribution in [0, 0.1) is 6.92 Å². The van der Waals surface area contributed by atoms with E-state index in [1.54, 1.807) is 19.2 Å². The lowest BCUT2D eigenvalue weighted by molar-refractivity contribution is 0.402. The van der Waals surface area contributed by atoms with Crippen molar-refractivity contribution in [1.29, 1.82) is 0 Å². The Hall–Kier alpha value is -1.57. The number of rotatable bonds is 7. The molecule has 2 aromatic carbocycles. The summed E-state index contributed by atoms with van der Waals surface area (Å²) in [5.74, 6) is 1.37. The molecule has 0 amide bonds. The van der Waals surface area contributed by atoms with Crippen molar-refractivity contribution in [2.24, 2.45) is 0 Å². The summed E-state index contributed by atoms with van der Waals surface area (Å²) in [5, 5.41) is 0. The van der Waals surface area contributed by atoms with Gasteiger partial charge in [-0.15, -0.1) is 0 Å². The Balaban J connectivity index is 2.43. The molecule has 1 N–H and O–H groups in total. The highest BCUT2D eigenvalue weighted by molar-refractivity contribution is 9.10. The van der Waals surface area contributed by atoms with E-state index in [0.29, 0.717) is 10.2 Å². The summed E-state index contributed by atoms with van der Waals surface area (Å²) in [4.78, 5) is 0.0986. The van der Waals surface area contributed by atoms with Crippen molar-refractivity contribution in [3.05, 3.63) is 51.5 Å². The third-order valence-corrected chi connectivity index (χ3v) is 6.51. The first-order valence-electron chi connectivity index (χ1n) is 8.65. The number of methoxy groups -OCH3 is 2. The molecule has 0 unspecified atom stereocenters. The van der Waals surface area contributed by atoms with Gasteiger partial charge >= 0.3 is 0 Å². The number of benzene rings is 2. The molecule has 0 saturated carbocycles. The number of nitrogens with one attached hydrogen (secondary N) is 1. The van der Waals surface area contributed by atoms with Crippen LogP contribution in [-0.4, -0.2) is 22.6 Å². The second-order valence-electron chi connectivity index (χ2n) is 6.74. The molecular formula is C20H26BrNO4S. The van der Waals surface area contributed by atoms with Gasteiger partial charge < -0.3 is 9.47 Å². The van der Waals surface area contributed by atoms with Gasteiger partial charge in [0.2, 0.25) is 10.0 Å². The predicted octanol–water partition coefficient (Wildman–Crippen LogP) is 4.94. The van der Waals surface area contributed by atoms with Crippen molar-refractivity contribution in [3.8, 4) is 11.5 Å². The number of aryl methyl sites for hydroxylation is 1. The van der Waals surface area contributed by atoms with E-state index in [0.717, 1.165) is 22.4 Å². The molecule has 0 saturated heterocycles. The summed E-state index contributed by atoms with van der Waals surface area (Å²) in [6.07, 6.45) is 0. The molecule has 5 nitrogen and oxygen atoms in total. The van der Waals surface area contributed by atoms with Crippen LogP contribution < -0.4 is 14.2 Å². The topological polar surface area (TPSA) is 64.6 Å². The Morgan fingerprint density at radius 1 is 0.963 bits per heavy atom. The van der Waals surface area contributed by atoms with E-state index in [9.17, 15) is 8.42 Å². The van der Waals surface area contributed by atoms with E-state index in [2.05, 4.69) is 34.5 Å². The third kappa shape index (κ3) is 4.83. The minimum atomic E-state index is -3.77. The Morgan fingerprint density at radius 3 is 2.15 bits per heavy atom. The zero-order valence-electron chi connectivity index (χ0n) is 16.5. The summed E-state index contributed by atoms with van der Waals surface area (Å²) in [7, 11) is -0.677. The summed E-state index contributed by atoms with van der Waals surface area (Å²) >= 11 is 3.32. The fraction of sp³-hybridized carbons (Fsp3) is 0.400. The fourth-order valence-electron chi connectivity index (χ4n) is 3.03. The number of hydrogen-bond acceptors (Lipinski definition) is 4. The van der Waals surface area contributed by atoms with Crippen LogP contribution in [0.4, 0.5) is 0 Å². The van der Waals surface area contributed by atoms with Crippen molar-refractivity contribution in [1.82, 2.24) is 4.72 Å². The van der Waals surface area contributed by atoms with Crippen LogP contribution in [-0.2, 0) is 10.0 Å². The Kier molecular flexibility index (Phi) is 6.94. The molecule has 0 aliphatic rings. The van der Waals surface area contributed by atoms with Gasteiger partial charge in [-0.3, -0.25) is 0 Å². The van der Waals surface area contributed by atoms with Crippen molar-refractivity contribution in [3.63, 3.8) is 0 Å². The molecule has 0 fully saturated rings. The third-order valence-electron chi connectivity index (χ3n) is 4.45. The SMILES string of the molecule is COc1cc(C)c([C@H](C)NS(=O)(=O)c2cc(Br)ccc2OC)cc1C(C)C. The molecule has 0 bridgehead atoms. The second-order valence-corrected chi connectivity index (χ2v) is 9.34. The van der Waals surface area contributed by atoms with Crippen LogP contribution in [0.3, 0.4) is 0 Å². The van der Waals surface area contributed by atoms with Crippen LogP contribution in [0.5, 0.6) is 11.5 Å². The zero-order valence-corrected chi connectivity index (χ0v) is 18.9. The highest BCUT2D eigenvalue weighted by atomic mass is 79.9. The van der Waals surface area contributed by atoms with Gasteiger partial charge in [0.15, 0.2) is 0 Å². The summed E-state index contributed by atoms with van der Waals surface area (Å²) in [6.45, 7) is 7.95. The van der Waals surface area contributed by atoms with E-state index in [-0.39, 0.29) is 10.8 Å². The lowest BCUT2D eigenvalue weighted by atomic mass is 9.94. The summed E-state index contributed by atoms with van der Waals surface area (Å²) < 4.78 is 40.1. The molecule has 0 heterocycles. The lowest BCUT2D eigenvalue weighted by Crippen LogP contribution is -2.28. The molecular weight excluding hydrogens is 430 g/mol. The average molecular weight is 456 g/mol. The molecule has 0 aliphatic carbocycles. The lowest BCUT2D eigenvalue weighted by Gasteiger charge is -2.21. The Labute approximate surface area is 170 Å². The van der Waals surface area contributed by atoms with Crippen molar-refractivity contribution >= 4 is 26.0 Å². The normalized spacial score (nSPS) is 12.9. The average Bonchev–Trinajstić information content (AvgIpc) is 2.60. The van der Waals surface area contributed by atoms with Crippen LogP contribution in [0.2, 0.25) is 0 Å². The zero-order chi connectivity index (χ0) is 20.4. The molecule has 0 radical (unpaired) electrons. The fourth-order valence-corrected chi connectivity index (χ4v) is 4.96. The van der Waals surface area contributed by atoms with Gasteiger partial charge in [0.1, 0.15) is 16.4 Å². The first kappa shape index (κ1) is 21.7. The molecule has 0 aromatic heterocycles. The summed E-state index contributed by atoms with van der Waals surface area (Å²) in [5.41, 5.74) is 2.92. The molecule has 148 valence electrons. The number of sulfonamides is 1. The predicted molar refractivity (Wildman–Crippen MR) is 111 cm³/mol. The van der Waals surface area contributed by atoms with Crippen LogP contribution in [0.15, 0.2) is 39.7 Å². The van der Waals surface area contributed by atoms with E-state index in [4.69, 9.17) is 9.47 Å². The van der Waals surface area contributed by atoms with Crippen molar-refractivity contribution < 1.29 is 17.9 Å². The first-order valence-corrected chi connectivity index (χ1v) is 10.9. The van der Waals surface area contributed by atoms with Crippen LogP contribution in [0.1, 0.15) is 49.4 Å². The van der Waals surface area contributed by atoms with Crippen LogP contribution in [0.25, 0.3) is 0 Å². The Morgan fingerprint density at radius 2 is 1.59 bits per heavy atom. The van der Waals surface area contributed by atoms with E-state index < -0.39 is 16.1 Å². The monoisotopic (exact) mass is 455 g/mol. The molecule has 1 atom stereocenters. The standard InChI is InChI=1S/C20H26BrNO4S/c1-12(2)16-11-17(13(3)9-19(16)26-6)14(4)22-27(23,24)20-10-15(21)7-8-18(20)25-5/h7-12,14,22H,1-6H3/t14-/m0/s1. The van der Waals surface area contributed by atoms with Gasteiger partial charge in [-0.1, -0.05) is 29.8 Å². The molecule has 2 aromatic rings. The van der Waals surface area contributed by atoms with E-state index in [1.165, 1.54) is 13.2 Å². The van der Waals surface area contributed by atoms with E-state index in [1.807, 2.05) is 26.0 Å². The largest absolute Gasteiger partial charge is 0.496 e. The molecule has 2 rings (SSSR count). The van der Waals surface area contributed by atoms with Gasteiger partial charge in [-0.25, -0.2) is 13.1 Å². The maximum absolute atomic E-state index is 13.0.